The largest absolute Gasteiger partial charge is 0.375 e. The Morgan fingerprint density at radius 2 is 1.91 bits per heavy atom. The molecule has 120 valence electrons. The molecule has 3 rings (SSSR count). The summed E-state index contributed by atoms with van der Waals surface area (Å²) < 4.78 is 0. The summed E-state index contributed by atoms with van der Waals surface area (Å²) in [4.78, 5) is 17.3. The summed E-state index contributed by atoms with van der Waals surface area (Å²) in [6.45, 7) is 2.18. The SMILES string of the molecule is CCCCC1C(=O)C(CCc2ccccn2)Nc2ccccc21. The van der Waals surface area contributed by atoms with Gasteiger partial charge < -0.3 is 5.32 Å². The monoisotopic (exact) mass is 308 g/mol. The molecule has 1 aromatic heterocycles. The average Bonchev–Trinajstić information content (AvgIpc) is 2.60. The van der Waals surface area contributed by atoms with Crippen molar-refractivity contribution in [3.05, 3.63) is 59.9 Å². The number of carbonyl (C=O) groups excluding carboxylic acids is 1. The van der Waals surface area contributed by atoms with Gasteiger partial charge in [0.05, 0.1) is 6.04 Å². The molecule has 0 amide bonds. The van der Waals surface area contributed by atoms with Crippen LogP contribution in [0.25, 0.3) is 0 Å². The van der Waals surface area contributed by atoms with Crippen molar-refractivity contribution in [2.45, 2.75) is 51.0 Å². The second-order valence-corrected chi connectivity index (χ2v) is 6.24. The van der Waals surface area contributed by atoms with Crippen LogP contribution in [-0.4, -0.2) is 16.8 Å². The van der Waals surface area contributed by atoms with Crippen LogP contribution >= 0.6 is 0 Å². The number of benzene rings is 1. The Morgan fingerprint density at radius 1 is 1.09 bits per heavy atom. The summed E-state index contributed by atoms with van der Waals surface area (Å²) in [5.74, 6) is 0.384. The zero-order valence-electron chi connectivity index (χ0n) is 13.7. The van der Waals surface area contributed by atoms with Crippen LogP contribution in [0, 0.1) is 0 Å². The molecule has 2 atom stereocenters. The van der Waals surface area contributed by atoms with Gasteiger partial charge in [-0.2, -0.15) is 0 Å². The second kappa shape index (κ2) is 7.40. The molecule has 3 heteroatoms. The van der Waals surface area contributed by atoms with Gasteiger partial charge in [0.1, 0.15) is 0 Å². The van der Waals surface area contributed by atoms with Gasteiger partial charge in [0, 0.05) is 23.5 Å². The first-order chi connectivity index (χ1) is 11.3. The molecule has 23 heavy (non-hydrogen) atoms. The van der Waals surface area contributed by atoms with E-state index in [4.69, 9.17) is 0 Å². The van der Waals surface area contributed by atoms with Crippen LogP contribution in [0.3, 0.4) is 0 Å². The number of rotatable bonds is 6. The fraction of sp³-hybridized carbons (Fsp3) is 0.400. The van der Waals surface area contributed by atoms with Gasteiger partial charge in [0.15, 0.2) is 5.78 Å². The highest BCUT2D eigenvalue weighted by atomic mass is 16.1. The summed E-state index contributed by atoms with van der Waals surface area (Å²) >= 11 is 0. The van der Waals surface area contributed by atoms with Crippen LogP contribution in [0.15, 0.2) is 48.7 Å². The number of hydrogen-bond donors (Lipinski definition) is 1. The van der Waals surface area contributed by atoms with Gasteiger partial charge in [-0.05, 0) is 43.0 Å². The highest BCUT2D eigenvalue weighted by Gasteiger charge is 2.33. The maximum Gasteiger partial charge on any atom is 0.162 e. The highest BCUT2D eigenvalue weighted by Crippen LogP contribution is 2.36. The molecule has 0 fully saturated rings. The fourth-order valence-corrected chi connectivity index (χ4v) is 3.35. The van der Waals surface area contributed by atoms with Gasteiger partial charge in [-0.25, -0.2) is 0 Å². The van der Waals surface area contributed by atoms with Crippen LogP contribution in [0.4, 0.5) is 5.69 Å². The van der Waals surface area contributed by atoms with E-state index in [-0.39, 0.29) is 12.0 Å². The lowest BCUT2D eigenvalue weighted by molar-refractivity contribution is -0.121. The second-order valence-electron chi connectivity index (χ2n) is 6.24. The lowest BCUT2D eigenvalue weighted by Crippen LogP contribution is -2.38. The Morgan fingerprint density at radius 3 is 2.70 bits per heavy atom. The normalized spacial score (nSPS) is 20.0. The van der Waals surface area contributed by atoms with E-state index in [1.165, 1.54) is 5.56 Å². The molecule has 1 aromatic carbocycles. The highest BCUT2D eigenvalue weighted by molar-refractivity contribution is 5.96. The molecule has 3 nitrogen and oxygen atoms in total. The average molecular weight is 308 g/mol. The van der Waals surface area contributed by atoms with E-state index in [9.17, 15) is 4.79 Å². The minimum Gasteiger partial charge on any atom is -0.375 e. The van der Waals surface area contributed by atoms with E-state index in [1.807, 2.05) is 36.5 Å². The summed E-state index contributed by atoms with van der Waals surface area (Å²) in [6, 6.07) is 14.1. The first-order valence-corrected chi connectivity index (χ1v) is 8.58. The number of fused-ring (bicyclic) bond motifs is 1. The number of Topliss-reactive ketones (excluding diaryl/α,β-unsaturated/α-hetero) is 1. The van der Waals surface area contributed by atoms with Crippen LogP contribution < -0.4 is 5.32 Å². The summed E-state index contributed by atoms with van der Waals surface area (Å²) in [7, 11) is 0. The van der Waals surface area contributed by atoms with Crippen molar-refractivity contribution in [2.75, 3.05) is 5.32 Å². The number of aryl methyl sites for hydroxylation is 1. The van der Waals surface area contributed by atoms with Crippen LogP contribution in [0.5, 0.6) is 0 Å². The zero-order chi connectivity index (χ0) is 16.1. The van der Waals surface area contributed by atoms with Crippen LogP contribution in [0.1, 0.15) is 49.8 Å². The van der Waals surface area contributed by atoms with Gasteiger partial charge in [-0.3, -0.25) is 9.78 Å². The number of hydrogen-bond acceptors (Lipinski definition) is 3. The van der Waals surface area contributed by atoms with Crippen molar-refractivity contribution in [1.82, 2.24) is 4.98 Å². The molecule has 2 unspecified atom stereocenters. The maximum atomic E-state index is 12.9. The zero-order valence-corrected chi connectivity index (χ0v) is 13.7. The van der Waals surface area contributed by atoms with Crippen molar-refractivity contribution >= 4 is 11.5 Å². The summed E-state index contributed by atoms with van der Waals surface area (Å²) in [5.41, 5.74) is 3.34. The number of ketones is 1. The van der Waals surface area contributed by atoms with E-state index >= 15 is 0 Å². The van der Waals surface area contributed by atoms with E-state index < -0.39 is 0 Å². The first-order valence-electron chi connectivity index (χ1n) is 8.58. The number of para-hydroxylation sites is 1. The molecule has 1 N–H and O–H groups in total. The van der Waals surface area contributed by atoms with E-state index in [2.05, 4.69) is 29.4 Å². The quantitative estimate of drug-likeness (QED) is 0.862. The number of carbonyl (C=O) groups is 1. The van der Waals surface area contributed by atoms with Gasteiger partial charge in [0.2, 0.25) is 0 Å². The third-order valence-electron chi connectivity index (χ3n) is 4.61. The van der Waals surface area contributed by atoms with Crippen molar-refractivity contribution in [3.63, 3.8) is 0 Å². The Labute approximate surface area is 138 Å². The molecule has 1 aliphatic rings. The predicted octanol–water partition coefficient (Wildman–Crippen LogP) is 4.35. The smallest absolute Gasteiger partial charge is 0.162 e. The molecule has 0 radical (unpaired) electrons. The topological polar surface area (TPSA) is 42.0 Å². The minimum atomic E-state index is -0.103. The molecule has 1 aliphatic heterocycles. The number of nitrogens with zero attached hydrogens (tertiary/aromatic N) is 1. The standard InChI is InChI=1S/C20H24N2O/c1-2-3-9-17-16-10-4-5-11-18(16)22-19(20(17)23)13-12-15-8-6-7-14-21-15/h4-8,10-11,14,17,19,22H,2-3,9,12-13H2,1H3. The van der Waals surface area contributed by atoms with Gasteiger partial charge in [-0.15, -0.1) is 0 Å². The van der Waals surface area contributed by atoms with Crippen LogP contribution in [-0.2, 0) is 11.2 Å². The number of pyridine rings is 1. The minimum absolute atomic E-state index is 0.0427. The Bertz CT molecular complexity index is 654. The van der Waals surface area contributed by atoms with Crippen molar-refractivity contribution in [1.29, 1.82) is 0 Å². The number of unbranched alkanes of at least 4 members (excludes halogenated alkanes) is 1. The lowest BCUT2D eigenvalue weighted by atomic mass is 9.81. The molecule has 0 saturated carbocycles. The third-order valence-corrected chi connectivity index (χ3v) is 4.61. The maximum absolute atomic E-state index is 12.9. The molecule has 0 aliphatic carbocycles. The van der Waals surface area contributed by atoms with Gasteiger partial charge in [-0.1, -0.05) is 44.0 Å². The summed E-state index contributed by atoms with van der Waals surface area (Å²) in [6.07, 6.45) is 6.61. The Kier molecular flexibility index (Phi) is 5.06. The molecule has 0 bridgehead atoms. The number of nitrogens with one attached hydrogen (secondary N) is 1. The molecule has 0 spiro atoms. The van der Waals surface area contributed by atoms with E-state index in [0.717, 1.165) is 43.5 Å². The molecular weight excluding hydrogens is 284 g/mol. The summed E-state index contributed by atoms with van der Waals surface area (Å²) in [5, 5.41) is 3.45. The van der Waals surface area contributed by atoms with Crippen molar-refractivity contribution < 1.29 is 4.79 Å². The van der Waals surface area contributed by atoms with Gasteiger partial charge >= 0.3 is 0 Å². The van der Waals surface area contributed by atoms with E-state index in [0.29, 0.717) is 5.78 Å². The number of aromatic nitrogens is 1. The Hall–Kier alpha value is -2.16. The molecular formula is C20H24N2O. The van der Waals surface area contributed by atoms with Crippen molar-refractivity contribution in [3.8, 4) is 0 Å². The van der Waals surface area contributed by atoms with Gasteiger partial charge in [0.25, 0.3) is 0 Å². The first kappa shape index (κ1) is 15.7. The number of anilines is 1. The van der Waals surface area contributed by atoms with E-state index in [1.54, 1.807) is 0 Å². The Balaban J connectivity index is 1.76. The molecule has 2 heterocycles. The lowest BCUT2D eigenvalue weighted by Gasteiger charge is -2.32. The molecule has 2 aromatic rings. The third kappa shape index (κ3) is 3.61. The fourth-order valence-electron chi connectivity index (χ4n) is 3.35. The predicted molar refractivity (Wildman–Crippen MR) is 93.7 cm³/mol. The molecule has 0 saturated heterocycles. The van der Waals surface area contributed by atoms with Crippen molar-refractivity contribution in [2.24, 2.45) is 0 Å². The van der Waals surface area contributed by atoms with Crippen LogP contribution in [0.2, 0.25) is 0 Å².